The average molecular weight is 1020 g/mol. The van der Waals surface area contributed by atoms with Crippen LogP contribution in [0.1, 0.15) is 57.6 Å². The first kappa shape index (κ1) is 52.5. The second-order valence-electron chi connectivity index (χ2n) is 18.8. The van der Waals surface area contributed by atoms with E-state index in [2.05, 4.69) is 50.1 Å². The molecule has 2 aliphatic rings. The number of thioether (sulfide) groups is 2. The monoisotopic (exact) mass is 1010 g/mol. The smallest absolute Gasteiger partial charge is 0.410 e. The molecule has 2 saturated heterocycles. The minimum atomic E-state index is -0.524. The number of likely N-dealkylation sites (tertiary alicyclic amines) is 2. The molecular weight excluding hydrogens is 945 g/mol. The third kappa shape index (κ3) is 14.9. The summed E-state index contributed by atoms with van der Waals surface area (Å²) in [5.74, 6) is 3.49. The number of fused-ring (bicyclic) bond motifs is 2. The van der Waals surface area contributed by atoms with Gasteiger partial charge in [-0.25, -0.2) is 4.79 Å². The fourth-order valence-corrected chi connectivity index (χ4v) is 12.7. The topological polar surface area (TPSA) is 111 Å². The van der Waals surface area contributed by atoms with Crippen molar-refractivity contribution in [3.63, 3.8) is 0 Å². The molecule has 372 valence electrons. The number of aryl methyl sites for hydroxylation is 2. The van der Waals surface area contributed by atoms with Crippen LogP contribution in [-0.2, 0) is 17.8 Å². The Hall–Kier alpha value is -4.29. The molecule has 1 amide bonds. The number of methoxy groups -OCH3 is 2. The van der Waals surface area contributed by atoms with Gasteiger partial charge in [0.05, 0.1) is 33.7 Å². The number of carbonyl (C=O) groups is 1. The van der Waals surface area contributed by atoms with Crippen molar-refractivity contribution in [1.29, 1.82) is 0 Å². The van der Waals surface area contributed by atoms with Gasteiger partial charge in [0.25, 0.3) is 11.1 Å². The number of rotatable bonds is 18. The third-order valence-electron chi connectivity index (χ3n) is 12.9. The van der Waals surface area contributed by atoms with E-state index in [-0.39, 0.29) is 23.3 Å². The molecule has 69 heavy (non-hydrogen) atoms. The van der Waals surface area contributed by atoms with E-state index in [1.165, 1.54) is 21.3 Å². The van der Waals surface area contributed by atoms with Crippen molar-refractivity contribution in [2.45, 2.75) is 99.5 Å². The maximum atomic E-state index is 13.1. The maximum absolute atomic E-state index is 13.1. The Morgan fingerprint density at radius 2 is 1.19 bits per heavy atom. The zero-order valence-electron chi connectivity index (χ0n) is 41.4. The SMILES string of the molecule is COc1ccc2c(C)cc(=O)n(CCN3CCC(N(CCSc4cccs4)C(=O)OC(C)(C)C)CC3)c2c1.COc1ccc2c(C)cc(=O)n(CCN3CCC(NCCSc4cccs4)CC3)c2c1. The number of hydrogen-bond donors (Lipinski definition) is 1. The van der Waals surface area contributed by atoms with Crippen molar-refractivity contribution in [3.8, 4) is 11.5 Å². The van der Waals surface area contributed by atoms with Crippen molar-refractivity contribution < 1.29 is 19.0 Å². The minimum absolute atomic E-state index is 0.0116. The fraction of sp³-hybridized carbons (Fsp3) is 0.491. The number of piperidine rings is 2. The predicted molar refractivity (Wildman–Crippen MR) is 289 cm³/mol. The van der Waals surface area contributed by atoms with Gasteiger partial charge in [-0.2, -0.15) is 0 Å². The quantitative estimate of drug-likeness (QED) is 0.0657. The molecule has 8 rings (SSSR count). The first-order chi connectivity index (χ1) is 33.3. The van der Waals surface area contributed by atoms with Gasteiger partial charge in [0, 0.05) is 111 Å². The van der Waals surface area contributed by atoms with E-state index in [1.807, 2.05) is 108 Å². The van der Waals surface area contributed by atoms with Crippen LogP contribution < -0.4 is 25.9 Å². The number of amides is 1. The molecule has 0 bridgehead atoms. The van der Waals surface area contributed by atoms with Gasteiger partial charge in [0.2, 0.25) is 0 Å². The van der Waals surface area contributed by atoms with Crippen LogP contribution in [0, 0.1) is 13.8 Å². The normalized spacial score (nSPS) is 15.3. The Morgan fingerprint density at radius 1 is 0.696 bits per heavy atom. The summed E-state index contributed by atoms with van der Waals surface area (Å²) >= 11 is 7.26. The number of carbonyl (C=O) groups excluding carboxylic acids is 1. The Bertz CT molecular complexity index is 2680. The molecule has 0 radical (unpaired) electrons. The first-order valence-electron chi connectivity index (χ1n) is 24.1. The summed E-state index contributed by atoms with van der Waals surface area (Å²) in [7, 11) is 3.31. The van der Waals surface area contributed by atoms with Crippen LogP contribution in [-0.4, -0.2) is 126 Å². The predicted octanol–water partition coefficient (Wildman–Crippen LogP) is 10.1. The van der Waals surface area contributed by atoms with Crippen LogP contribution in [0.5, 0.6) is 11.5 Å². The highest BCUT2D eigenvalue weighted by Gasteiger charge is 2.31. The largest absolute Gasteiger partial charge is 0.497 e. The number of ether oxygens (including phenoxy) is 3. The first-order valence-corrected chi connectivity index (χ1v) is 27.9. The molecule has 1 N–H and O–H groups in total. The molecule has 0 saturated carbocycles. The van der Waals surface area contributed by atoms with Gasteiger partial charge in [-0.05, 0) is 132 Å². The number of hydrogen-bond acceptors (Lipinski definition) is 13. The van der Waals surface area contributed by atoms with Gasteiger partial charge in [-0.1, -0.05) is 12.1 Å². The molecule has 0 aliphatic carbocycles. The molecule has 0 unspecified atom stereocenters. The minimum Gasteiger partial charge on any atom is -0.497 e. The van der Waals surface area contributed by atoms with Gasteiger partial charge in [0.15, 0.2) is 0 Å². The number of thiophene rings is 2. The molecule has 12 nitrogen and oxygen atoms in total. The molecule has 0 spiro atoms. The fourth-order valence-electron chi connectivity index (χ4n) is 9.16. The maximum Gasteiger partial charge on any atom is 0.410 e. The standard InChI is InChI=1S/C29H39N3O4S2.C24H31N3O2S2/c1-21-19-26(33)32(25-20-23(35-5)8-9-24(21)25)15-14-30-12-10-22(11-13-30)31(28(34)36-29(2,3)4)16-18-38-27-7-6-17-37-27;1-18-16-23(28)27(22-17-20(29-2)5-6-21(18)22)13-12-26-10-7-19(8-11-26)25-9-15-31-24-4-3-14-30-24/h6-9,17,19-20,22H,10-16,18H2,1-5H3;3-6,14,16-17,19,25H,7-13,15H2,1-2H3. The summed E-state index contributed by atoms with van der Waals surface area (Å²) in [6, 6.07) is 24.6. The number of nitrogens with one attached hydrogen (secondary N) is 1. The second-order valence-corrected chi connectivity index (χ2v) is 23.5. The lowest BCUT2D eigenvalue weighted by Crippen LogP contribution is -2.50. The van der Waals surface area contributed by atoms with E-state index >= 15 is 0 Å². The molecule has 2 aliphatic heterocycles. The van der Waals surface area contributed by atoms with E-state index in [0.717, 1.165) is 115 Å². The molecule has 6 aromatic rings. The highest BCUT2D eigenvalue weighted by atomic mass is 32.2. The van der Waals surface area contributed by atoms with Crippen LogP contribution in [0.4, 0.5) is 4.79 Å². The molecular formula is C53H70N6O6S4. The van der Waals surface area contributed by atoms with Crippen LogP contribution in [0.15, 0.2) is 102 Å². The van der Waals surface area contributed by atoms with E-state index in [4.69, 9.17) is 14.2 Å². The van der Waals surface area contributed by atoms with E-state index < -0.39 is 5.60 Å². The number of nitrogens with zero attached hydrogens (tertiary/aromatic N) is 5. The zero-order valence-corrected chi connectivity index (χ0v) is 44.6. The van der Waals surface area contributed by atoms with Crippen molar-refractivity contribution in [1.82, 2.24) is 29.2 Å². The summed E-state index contributed by atoms with van der Waals surface area (Å²) in [6.45, 7) is 18.3. The number of aromatic nitrogens is 2. The Morgan fingerprint density at radius 3 is 1.65 bits per heavy atom. The average Bonchev–Trinajstić information content (AvgIpc) is 4.07. The van der Waals surface area contributed by atoms with E-state index in [0.29, 0.717) is 25.7 Å². The molecule has 2 fully saturated rings. The van der Waals surface area contributed by atoms with Crippen molar-refractivity contribution in [2.24, 2.45) is 0 Å². The lowest BCUT2D eigenvalue weighted by Gasteiger charge is -2.39. The van der Waals surface area contributed by atoms with E-state index in [1.54, 1.807) is 49.5 Å². The number of benzene rings is 2. The van der Waals surface area contributed by atoms with Gasteiger partial charge < -0.3 is 43.4 Å². The summed E-state index contributed by atoms with van der Waals surface area (Å²) in [5.41, 5.74) is 3.42. The van der Waals surface area contributed by atoms with Crippen LogP contribution in [0.3, 0.4) is 0 Å². The molecule has 16 heteroatoms. The summed E-state index contributed by atoms with van der Waals surface area (Å²) in [6.07, 6.45) is 3.89. The molecule has 2 aromatic carbocycles. The Kier molecular flexibility index (Phi) is 19.2. The zero-order chi connectivity index (χ0) is 48.9. The Balaban J connectivity index is 0.000000208. The van der Waals surface area contributed by atoms with E-state index in [9.17, 15) is 14.4 Å². The van der Waals surface area contributed by atoms with Gasteiger partial charge in [-0.3, -0.25) is 9.59 Å². The van der Waals surface area contributed by atoms with Crippen LogP contribution in [0.25, 0.3) is 21.8 Å². The van der Waals surface area contributed by atoms with Crippen molar-refractivity contribution >= 4 is 74.1 Å². The van der Waals surface area contributed by atoms with Crippen LogP contribution in [0.2, 0.25) is 0 Å². The van der Waals surface area contributed by atoms with Crippen molar-refractivity contribution in [2.75, 3.05) is 78.1 Å². The van der Waals surface area contributed by atoms with Crippen LogP contribution >= 0.6 is 46.2 Å². The molecule has 6 heterocycles. The van der Waals surface area contributed by atoms with Gasteiger partial charge in [-0.15, -0.1) is 46.2 Å². The summed E-state index contributed by atoms with van der Waals surface area (Å²) < 4.78 is 23.0. The third-order valence-corrected chi connectivity index (χ3v) is 17.1. The lowest BCUT2D eigenvalue weighted by molar-refractivity contribution is 0.00979. The number of pyridine rings is 2. The van der Waals surface area contributed by atoms with Gasteiger partial charge >= 0.3 is 6.09 Å². The lowest BCUT2D eigenvalue weighted by atomic mass is 10.0. The Labute approximate surface area is 424 Å². The summed E-state index contributed by atoms with van der Waals surface area (Å²) in [4.78, 5) is 45.5. The highest BCUT2D eigenvalue weighted by Crippen LogP contribution is 2.28. The molecule has 0 atom stereocenters. The second kappa shape index (κ2) is 25.2. The molecule has 4 aromatic heterocycles. The van der Waals surface area contributed by atoms with Crippen molar-refractivity contribution in [3.05, 3.63) is 115 Å². The summed E-state index contributed by atoms with van der Waals surface area (Å²) in [5, 5.41) is 10.1. The highest BCUT2D eigenvalue weighted by molar-refractivity contribution is 8.01. The van der Waals surface area contributed by atoms with Gasteiger partial charge in [0.1, 0.15) is 17.1 Å².